The van der Waals surface area contributed by atoms with Crippen LogP contribution in [0.5, 0.6) is 5.75 Å². The number of nitrogens with zero attached hydrogens (tertiary/aromatic N) is 1. The van der Waals surface area contributed by atoms with Crippen molar-refractivity contribution >= 4 is 11.8 Å². The molecule has 0 aliphatic carbocycles. The second-order valence-corrected chi connectivity index (χ2v) is 5.47. The molecule has 2 aromatic carbocycles. The highest BCUT2D eigenvalue weighted by Crippen LogP contribution is 2.26. The molecule has 0 saturated carbocycles. The number of ether oxygens (including phenoxy) is 1. The highest BCUT2D eigenvalue weighted by atomic mass is 19.1. The average molecular weight is 328 g/mol. The normalized spacial score (nSPS) is 17.3. The van der Waals surface area contributed by atoms with E-state index in [0.29, 0.717) is 30.0 Å². The summed E-state index contributed by atoms with van der Waals surface area (Å²) in [7, 11) is 1.56. The number of piperazine rings is 1. The molecule has 6 heteroatoms. The van der Waals surface area contributed by atoms with Crippen LogP contribution in [-0.2, 0) is 4.79 Å². The van der Waals surface area contributed by atoms with Gasteiger partial charge in [0.2, 0.25) is 5.91 Å². The van der Waals surface area contributed by atoms with Crippen LogP contribution in [0.2, 0.25) is 0 Å². The van der Waals surface area contributed by atoms with E-state index in [9.17, 15) is 14.0 Å². The first-order valence-electron chi connectivity index (χ1n) is 7.58. The van der Waals surface area contributed by atoms with Gasteiger partial charge in [0, 0.05) is 18.7 Å². The van der Waals surface area contributed by atoms with Crippen molar-refractivity contribution in [3.05, 3.63) is 65.5 Å². The van der Waals surface area contributed by atoms with Crippen LogP contribution in [0.1, 0.15) is 22.0 Å². The van der Waals surface area contributed by atoms with Gasteiger partial charge in [-0.05, 0) is 42.0 Å². The number of carbonyl (C=O) groups is 2. The smallest absolute Gasteiger partial charge is 0.254 e. The first kappa shape index (κ1) is 16.0. The van der Waals surface area contributed by atoms with Crippen LogP contribution in [-0.4, -0.2) is 36.9 Å². The predicted molar refractivity (Wildman–Crippen MR) is 86.2 cm³/mol. The Morgan fingerprint density at radius 1 is 1.17 bits per heavy atom. The molecule has 1 unspecified atom stereocenters. The summed E-state index contributed by atoms with van der Waals surface area (Å²) in [4.78, 5) is 26.6. The quantitative estimate of drug-likeness (QED) is 0.939. The van der Waals surface area contributed by atoms with Crippen LogP contribution in [0.25, 0.3) is 0 Å². The first-order chi connectivity index (χ1) is 11.6. The van der Waals surface area contributed by atoms with Crippen LogP contribution < -0.4 is 10.1 Å². The summed E-state index contributed by atoms with van der Waals surface area (Å²) >= 11 is 0. The Morgan fingerprint density at radius 3 is 2.46 bits per heavy atom. The second-order valence-electron chi connectivity index (χ2n) is 5.47. The van der Waals surface area contributed by atoms with Gasteiger partial charge >= 0.3 is 0 Å². The van der Waals surface area contributed by atoms with Gasteiger partial charge in [0.15, 0.2) is 0 Å². The number of rotatable bonds is 3. The third-order valence-corrected chi connectivity index (χ3v) is 4.00. The Labute approximate surface area is 139 Å². The number of halogens is 1. The molecule has 124 valence electrons. The Balaban J connectivity index is 1.92. The zero-order chi connectivity index (χ0) is 17.1. The number of carbonyl (C=O) groups excluding carboxylic acids is 2. The van der Waals surface area contributed by atoms with Gasteiger partial charge in [0.25, 0.3) is 5.91 Å². The van der Waals surface area contributed by atoms with Gasteiger partial charge in [-0.3, -0.25) is 9.59 Å². The third kappa shape index (κ3) is 3.08. The molecule has 2 aromatic rings. The molecule has 24 heavy (non-hydrogen) atoms. The minimum absolute atomic E-state index is 0.234. The van der Waals surface area contributed by atoms with Crippen LogP contribution in [0.3, 0.4) is 0 Å². The van der Waals surface area contributed by atoms with E-state index in [0.717, 1.165) is 0 Å². The molecule has 1 aliphatic heterocycles. The highest BCUT2D eigenvalue weighted by Gasteiger charge is 2.34. The van der Waals surface area contributed by atoms with E-state index in [4.69, 9.17) is 4.74 Å². The molecule has 1 saturated heterocycles. The average Bonchev–Trinajstić information content (AvgIpc) is 2.62. The van der Waals surface area contributed by atoms with Crippen LogP contribution in [0.15, 0.2) is 48.5 Å². The molecule has 0 spiro atoms. The van der Waals surface area contributed by atoms with Crippen LogP contribution in [0.4, 0.5) is 4.39 Å². The molecule has 1 atom stereocenters. The molecule has 0 aromatic heterocycles. The summed E-state index contributed by atoms with van der Waals surface area (Å²) in [6.45, 7) is 0.775. The maximum absolute atomic E-state index is 13.1. The summed E-state index contributed by atoms with van der Waals surface area (Å²) < 4.78 is 18.2. The van der Waals surface area contributed by atoms with Crippen LogP contribution in [0, 0.1) is 5.82 Å². The standard InChI is InChI=1S/C18H17FN2O3/c1-24-15-8-4-12(5-9-15)16-17(22)20-10-11-21(16)18(23)13-2-6-14(19)7-3-13/h2-9,16H,10-11H2,1H3,(H,20,22). The third-order valence-electron chi connectivity index (χ3n) is 4.00. The van der Waals surface area contributed by atoms with Gasteiger partial charge in [0.05, 0.1) is 7.11 Å². The molecule has 1 fully saturated rings. The number of methoxy groups -OCH3 is 1. The monoisotopic (exact) mass is 328 g/mol. The minimum Gasteiger partial charge on any atom is -0.497 e. The predicted octanol–water partition coefficient (Wildman–Crippen LogP) is 2.15. The number of hydrogen-bond acceptors (Lipinski definition) is 3. The molecule has 0 bridgehead atoms. The van der Waals surface area contributed by atoms with Crippen molar-refractivity contribution in [3.63, 3.8) is 0 Å². The maximum Gasteiger partial charge on any atom is 0.254 e. The van der Waals surface area contributed by atoms with E-state index in [1.807, 2.05) is 0 Å². The molecular formula is C18H17FN2O3. The van der Waals surface area contributed by atoms with Crippen molar-refractivity contribution in [2.45, 2.75) is 6.04 Å². The van der Waals surface area contributed by atoms with Crippen molar-refractivity contribution in [2.75, 3.05) is 20.2 Å². The summed E-state index contributed by atoms with van der Waals surface area (Å²) in [6, 6.07) is 11.6. The van der Waals surface area contributed by atoms with Crippen molar-refractivity contribution in [1.29, 1.82) is 0 Å². The van der Waals surface area contributed by atoms with Crippen LogP contribution >= 0.6 is 0 Å². The molecular weight excluding hydrogens is 311 g/mol. The highest BCUT2D eigenvalue weighted by molar-refractivity contribution is 5.98. The lowest BCUT2D eigenvalue weighted by Gasteiger charge is -2.35. The maximum atomic E-state index is 13.1. The number of amides is 2. The number of hydrogen-bond donors (Lipinski definition) is 1. The van der Waals surface area contributed by atoms with Gasteiger partial charge in [-0.1, -0.05) is 12.1 Å². The van der Waals surface area contributed by atoms with E-state index in [2.05, 4.69) is 5.32 Å². The van der Waals surface area contributed by atoms with Crippen molar-refractivity contribution < 1.29 is 18.7 Å². The van der Waals surface area contributed by atoms with E-state index in [1.54, 1.807) is 31.4 Å². The Hall–Kier alpha value is -2.89. The molecule has 5 nitrogen and oxygen atoms in total. The lowest BCUT2D eigenvalue weighted by Crippen LogP contribution is -2.52. The van der Waals surface area contributed by atoms with Gasteiger partial charge in [-0.2, -0.15) is 0 Å². The molecule has 1 heterocycles. The van der Waals surface area contributed by atoms with Gasteiger partial charge in [-0.15, -0.1) is 0 Å². The van der Waals surface area contributed by atoms with Gasteiger partial charge in [-0.25, -0.2) is 4.39 Å². The summed E-state index contributed by atoms with van der Waals surface area (Å²) in [6.07, 6.45) is 0. The van der Waals surface area contributed by atoms with E-state index in [-0.39, 0.29) is 11.8 Å². The largest absolute Gasteiger partial charge is 0.497 e. The Kier molecular flexibility index (Phi) is 4.46. The fraction of sp³-hybridized carbons (Fsp3) is 0.222. The number of nitrogens with one attached hydrogen (secondary N) is 1. The SMILES string of the molecule is COc1ccc(C2C(=O)NCCN2C(=O)c2ccc(F)cc2)cc1. The second kappa shape index (κ2) is 6.70. The van der Waals surface area contributed by atoms with E-state index < -0.39 is 11.9 Å². The van der Waals surface area contributed by atoms with Crippen molar-refractivity contribution in [2.24, 2.45) is 0 Å². The molecule has 1 aliphatic rings. The Morgan fingerprint density at radius 2 is 1.83 bits per heavy atom. The molecule has 1 N–H and O–H groups in total. The Bertz CT molecular complexity index is 744. The minimum atomic E-state index is -0.720. The molecule has 3 rings (SSSR count). The zero-order valence-electron chi connectivity index (χ0n) is 13.2. The van der Waals surface area contributed by atoms with Crippen molar-refractivity contribution in [3.8, 4) is 5.75 Å². The van der Waals surface area contributed by atoms with Gasteiger partial charge in [0.1, 0.15) is 17.6 Å². The lowest BCUT2D eigenvalue weighted by atomic mass is 10.0. The summed E-state index contributed by atoms with van der Waals surface area (Å²) in [5.41, 5.74) is 1.05. The van der Waals surface area contributed by atoms with Gasteiger partial charge < -0.3 is 15.0 Å². The molecule has 2 amide bonds. The first-order valence-corrected chi connectivity index (χ1v) is 7.58. The van der Waals surface area contributed by atoms with E-state index in [1.165, 1.54) is 29.2 Å². The fourth-order valence-electron chi connectivity index (χ4n) is 2.76. The summed E-state index contributed by atoms with van der Waals surface area (Å²) in [5, 5.41) is 2.78. The van der Waals surface area contributed by atoms with E-state index >= 15 is 0 Å². The van der Waals surface area contributed by atoms with Crippen molar-refractivity contribution in [1.82, 2.24) is 10.2 Å². The molecule has 0 radical (unpaired) electrons. The lowest BCUT2D eigenvalue weighted by molar-refractivity contribution is -0.128. The number of benzene rings is 2. The fourth-order valence-corrected chi connectivity index (χ4v) is 2.76. The summed E-state index contributed by atoms with van der Waals surface area (Å²) in [5.74, 6) is -0.270. The zero-order valence-corrected chi connectivity index (χ0v) is 13.2. The topological polar surface area (TPSA) is 58.6 Å².